The Morgan fingerprint density at radius 1 is 1.15 bits per heavy atom. The van der Waals surface area contributed by atoms with Gasteiger partial charge in [0, 0.05) is 5.57 Å². The van der Waals surface area contributed by atoms with E-state index in [4.69, 9.17) is 5.11 Å². The van der Waals surface area contributed by atoms with Crippen molar-refractivity contribution in [3.8, 4) is 0 Å². The summed E-state index contributed by atoms with van der Waals surface area (Å²) in [6.45, 7) is 1.58. The van der Waals surface area contributed by atoms with Crippen molar-refractivity contribution in [2.45, 2.75) is 19.8 Å². The summed E-state index contributed by atoms with van der Waals surface area (Å²) in [5.74, 6) is -2.06. The molecule has 0 fully saturated rings. The van der Waals surface area contributed by atoms with Gasteiger partial charge >= 0.3 is 11.9 Å². The highest BCUT2D eigenvalue weighted by Gasteiger charge is 2.40. The molecule has 0 spiro atoms. The van der Waals surface area contributed by atoms with Gasteiger partial charge < -0.3 is 10.2 Å². The summed E-state index contributed by atoms with van der Waals surface area (Å²) in [4.78, 5) is 22.6. The summed E-state index contributed by atoms with van der Waals surface area (Å²) in [5.41, 5.74) is 0.699. The molecule has 0 unspecified atom stereocenters. The number of benzene rings is 1. The van der Waals surface area contributed by atoms with E-state index < -0.39 is 17.4 Å². The van der Waals surface area contributed by atoms with Gasteiger partial charge in [0.1, 0.15) is 0 Å². The van der Waals surface area contributed by atoms with Crippen molar-refractivity contribution in [1.29, 1.82) is 0 Å². The maximum absolute atomic E-state index is 11.6. The van der Waals surface area contributed by atoms with Gasteiger partial charge in [-0.15, -0.1) is 0 Å². The van der Waals surface area contributed by atoms with Crippen LogP contribution in [0.3, 0.4) is 0 Å². The van der Waals surface area contributed by atoms with Crippen molar-refractivity contribution in [3.05, 3.63) is 59.2 Å². The normalized spacial score (nSPS) is 21.9. The van der Waals surface area contributed by atoms with Crippen LogP contribution in [0.4, 0.5) is 0 Å². The number of allylic oxidation sites excluding steroid dienone is 2. The number of carboxylic acids is 2. The SMILES string of the molecule is C[C@]1(C(=O)O)CC(C(=O)O)=CC=C1Cc1ccccc1. The van der Waals surface area contributed by atoms with Crippen LogP contribution in [0.1, 0.15) is 18.9 Å². The standard InChI is InChI=1S/C16H16O4/c1-16(15(19)20)10-12(14(17)18)7-8-13(16)9-11-5-3-2-4-6-11/h2-8H,9-10H2,1H3,(H,17,18)(H,19,20)/t16-/m0/s1. The molecule has 104 valence electrons. The van der Waals surface area contributed by atoms with Crippen LogP contribution in [0.5, 0.6) is 0 Å². The third-order valence-electron chi connectivity index (χ3n) is 3.72. The molecule has 0 aromatic heterocycles. The van der Waals surface area contributed by atoms with E-state index in [-0.39, 0.29) is 12.0 Å². The van der Waals surface area contributed by atoms with Gasteiger partial charge in [-0.1, -0.05) is 42.5 Å². The maximum Gasteiger partial charge on any atom is 0.331 e. The minimum atomic E-state index is -1.17. The first-order valence-electron chi connectivity index (χ1n) is 6.34. The summed E-state index contributed by atoms with van der Waals surface area (Å²) < 4.78 is 0. The molecule has 1 aliphatic rings. The minimum absolute atomic E-state index is 0.0103. The van der Waals surface area contributed by atoms with Gasteiger partial charge in [-0.05, 0) is 30.9 Å². The molecule has 1 atom stereocenters. The second-order valence-corrected chi connectivity index (χ2v) is 5.17. The van der Waals surface area contributed by atoms with Crippen molar-refractivity contribution in [3.63, 3.8) is 0 Å². The molecule has 0 amide bonds. The highest BCUT2D eigenvalue weighted by molar-refractivity contribution is 5.90. The van der Waals surface area contributed by atoms with Crippen molar-refractivity contribution >= 4 is 11.9 Å². The molecule has 0 bridgehead atoms. The average molecular weight is 272 g/mol. The minimum Gasteiger partial charge on any atom is -0.481 e. The van der Waals surface area contributed by atoms with Crippen LogP contribution < -0.4 is 0 Å². The molecule has 1 aromatic carbocycles. The molecule has 1 aliphatic carbocycles. The Bertz CT molecular complexity index is 598. The highest BCUT2D eigenvalue weighted by atomic mass is 16.4. The number of hydrogen-bond acceptors (Lipinski definition) is 2. The number of carboxylic acid groups (broad SMARTS) is 2. The molecule has 0 aliphatic heterocycles. The lowest BCUT2D eigenvalue weighted by atomic mass is 9.71. The first-order chi connectivity index (χ1) is 9.43. The second-order valence-electron chi connectivity index (χ2n) is 5.17. The van der Waals surface area contributed by atoms with E-state index in [0.29, 0.717) is 6.42 Å². The topological polar surface area (TPSA) is 74.6 Å². The molecule has 0 radical (unpaired) electrons. The van der Waals surface area contributed by atoms with Crippen LogP contribution in [-0.2, 0) is 16.0 Å². The first kappa shape index (κ1) is 14.1. The third kappa shape index (κ3) is 2.64. The van der Waals surface area contributed by atoms with E-state index in [2.05, 4.69) is 0 Å². The summed E-state index contributed by atoms with van der Waals surface area (Å²) in [7, 11) is 0. The Kier molecular flexibility index (Phi) is 3.74. The molecule has 0 saturated carbocycles. The Morgan fingerprint density at radius 2 is 1.80 bits per heavy atom. The zero-order valence-electron chi connectivity index (χ0n) is 11.2. The van der Waals surface area contributed by atoms with Crippen LogP contribution in [0.15, 0.2) is 53.6 Å². The lowest BCUT2D eigenvalue weighted by Gasteiger charge is -2.31. The molecule has 2 rings (SSSR count). The molecule has 0 heterocycles. The fourth-order valence-electron chi connectivity index (χ4n) is 2.37. The van der Waals surface area contributed by atoms with E-state index in [9.17, 15) is 14.7 Å². The van der Waals surface area contributed by atoms with Crippen molar-refractivity contribution in [2.75, 3.05) is 0 Å². The third-order valence-corrected chi connectivity index (χ3v) is 3.72. The van der Waals surface area contributed by atoms with Crippen molar-refractivity contribution < 1.29 is 19.8 Å². The Labute approximate surface area is 117 Å². The van der Waals surface area contributed by atoms with Gasteiger partial charge in [-0.25, -0.2) is 4.79 Å². The number of hydrogen-bond donors (Lipinski definition) is 2. The molecule has 2 N–H and O–H groups in total. The highest BCUT2D eigenvalue weighted by Crippen LogP contribution is 2.39. The molecular formula is C16H16O4. The van der Waals surface area contributed by atoms with Gasteiger partial charge in [0.15, 0.2) is 0 Å². The Morgan fingerprint density at radius 3 is 2.35 bits per heavy atom. The zero-order chi connectivity index (χ0) is 14.8. The summed E-state index contributed by atoms with van der Waals surface area (Å²) in [6, 6.07) is 9.56. The molecule has 1 aromatic rings. The average Bonchev–Trinajstić information content (AvgIpc) is 2.42. The molecule has 4 heteroatoms. The zero-order valence-corrected chi connectivity index (χ0v) is 11.2. The monoisotopic (exact) mass is 272 g/mol. The van der Waals surface area contributed by atoms with Gasteiger partial charge in [0.25, 0.3) is 0 Å². The van der Waals surface area contributed by atoms with Crippen LogP contribution in [-0.4, -0.2) is 22.2 Å². The van der Waals surface area contributed by atoms with Crippen LogP contribution >= 0.6 is 0 Å². The van der Waals surface area contributed by atoms with Gasteiger partial charge in [-0.2, -0.15) is 0 Å². The summed E-state index contributed by atoms with van der Waals surface area (Å²) in [6.07, 6.45) is 3.66. The Hall–Kier alpha value is -2.36. The maximum atomic E-state index is 11.6. The molecule has 20 heavy (non-hydrogen) atoms. The number of rotatable bonds is 4. The first-order valence-corrected chi connectivity index (χ1v) is 6.34. The molecule has 4 nitrogen and oxygen atoms in total. The lowest BCUT2D eigenvalue weighted by Crippen LogP contribution is -2.34. The smallest absolute Gasteiger partial charge is 0.331 e. The quantitative estimate of drug-likeness (QED) is 0.883. The van der Waals surface area contributed by atoms with Crippen molar-refractivity contribution in [2.24, 2.45) is 5.41 Å². The van der Waals surface area contributed by atoms with Gasteiger partial charge in [0.2, 0.25) is 0 Å². The summed E-state index contributed by atoms with van der Waals surface area (Å²) in [5, 5.41) is 18.5. The number of carbonyl (C=O) groups is 2. The van der Waals surface area contributed by atoms with Crippen LogP contribution in [0.25, 0.3) is 0 Å². The van der Waals surface area contributed by atoms with E-state index in [1.807, 2.05) is 30.3 Å². The Balaban J connectivity index is 2.37. The van der Waals surface area contributed by atoms with E-state index in [1.54, 1.807) is 13.0 Å². The van der Waals surface area contributed by atoms with E-state index in [0.717, 1.165) is 11.1 Å². The lowest BCUT2D eigenvalue weighted by molar-refractivity contribution is -0.146. The van der Waals surface area contributed by atoms with Gasteiger partial charge in [-0.3, -0.25) is 4.79 Å². The summed E-state index contributed by atoms with van der Waals surface area (Å²) >= 11 is 0. The van der Waals surface area contributed by atoms with Crippen molar-refractivity contribution in [1.82, 2.24) is 0 Å². The predicted molar refractivity (Wildman–Crippen MR) is 74.3 cm³/mol. The predicted octanol–water partition coefficient (Wildman–Crippen LogP) is 2.66. The van der Waals surface area contributed by atoms with E-state index >= 15 is 0 Å². The number of aliphatic carboxylic acids is 2. The van der Waals surface area contributed by atoms with E-state index in [1.165, 1.54) is 6.08 Å². The second kappa shape index (κ2) is 5.33. The van der Waals surface area contributed by atoms with Crippen LogP contribution in [0, 0.1) is 5.41 Å². The fraction of sp³-hybridized carbons (Fsp3) is 0.250. The van der Waals surface area contributed by atoms with Crippen LogP contribution in [0.2, 0.25) is 0 Å². The largest absolute Gasteiger partial charge is 0.481 e. The fourth-order valence-corrected chi connectivity index (χ4v) is 2.37. The molecular weight excluding hydrogens is 256 g/mol. The molecule has 0 saturated heterocycles. The van der Waals surface area contributed by atoms with Gasteiger partial charge in [0.05, 0.1) is 5.41 Å².